The van der Waals surface area contributed by atoms with Crippen LogP contribution in [-0.4, -0.2) is 11.5 Å². The van der Waals surface area contributed by atoms with Crippen LogP contribution in [0.3, 0.4) is 0 Å². The standard InChI is InChI=1S/C11H19N3/c1-4-5-13-11-8(2)6-10(7-14-11)9(3)12/h6-7,9H,4-5,12H2,1-3H3,(H,13,14)/t9-/m0/s1. The predicted octanol–water partition coefficient (Wildman–Crippen LogP) is 2.23. The van der Waals surface area contributed by atoms with Gasteiger partial charge in [0.2, 0.25) is 0 Å². The fourth-order valence-electron chi connectivity index (χ4n) is 1.27. The van der Waals surface area contributed by atoms with Crippen molar-refractivity contribution in [3.05, 3.63) is 23.4 Å². The summed E-state index contributed by atoms with van der Waals surface area (Å²) in [7, 11) is 0. The summed E-state index contributed by atoms with van der Waals surface area (Å²) in [4.78, 5) is 4.35. The van der Waals surface area contributed by atoms with E-state index in [-0.39, 0.29) is 6.04 Å². The van der Waals surface area contributed by atoms with Gasteiger partial charge in [-0.1, -0.05) is 6.92 Å². The lowest BCUT2D eigenvalue weighted by molar-refractivity contribution is 0.809. The molecular weight excluding hydrogens is 174 g/mol. The number of nitrogens with one attached hydrogen (secondary N) is 1. The van der Waals surface area contributed by atoms with Crippen molar-refractivity contribution in [2.45, 2.75) is 33.2 Å². The highest BCUT2D eigenvalue weighted by molar-refractivity contribution is 5.44. The van der Waals surface area contributed by atoms with Gasteiger partial charge in [-0.25, -0.2) is 4.98 Å². The van der Waals surface area contributed by atoms with Gasteiger partial charge in [-0.15, -0.1) is 0 Å². The summed E-state index contributed by atoms with van der Waals surface area (Å²) in [6.07, 6.45) is 2.95. The maximum Gasteiger partial charge on any atom is 0.128 e. The molecule has 1 aromatic heterocycles. The third-order valence-corrected chi connectivity index (χ3v) is 2.17. The Bertz CT molecular complexity index is 295. The van der Waals surface area contributed by atoms with Gasteiger partial charge in [-0.05, 0) is 37.5 Å². The minimum absolute atomic E-state index is 0.0569. The number of aromatic nitrogens is 1. The molecule has 78 valence electrons. The van der Waals surface area contributed by atoms with Crippen molar-refractivity contribution in [3.63, 3.8) is 0 Å². The molecule has 0 aliphatic heterocycles. The van der Waals surface area contributed by atoms with Crippen LogP contribution in [0, 0.1) is 6.92 Å². The van der Waals surface area contributed by atoms with Crippen LogP contribution in [0.5, 0.6) is 0 Å². The van der Waals surface area contributed by atoms with E-state index in [1.54, 1.807) is 0 Å². The van der Waals surface area contributed by atoms with Gasteiger partial charge < -0.3 is 11.1 Å². The minimum Gasteiger partial charge on any atom is -0.370 e. The lowest BCUT2D eigenvalue weighted by Crippen LogP contribution is -2.08. The van der Waals surface area contributed by atoms with Crippen LogP contribution in [0.15, 0.2) is 12.3 Å². The SMILES string of the molecule is CCCNc1ncc([C@H](C)N)cc1C. The first-order valence-corrected chi connectivity index (χ1v) is 5.11. The van der Waals surface area contributed by atoms with Gasteiger partial charge in [-0.2, -0.15) is 0 Å². The van der Waals surface area contributed by atoms with E-state index < -0.39 is 0 Å². The van der Waals surface area contributed by atoms with E-state index in [0.717, 1.165) is 29.9 Å². The highest BCUT2D eigenvalue weighted by Crippen LogP contribution is 2.16. The first-order chi connectivity index (χ1) is 6.65. The van der Waals surface area contributed by atoms with E-state index in [1.165, 1.54) is 0 Å². The van der Waals surface area contributed by atoms with Gasteiger partial charge in [0.25, 0.3) is 0 Å². The first-order valence-electron chi connectivity index (χ1n) is 5.11. The molecule has 1 atom stereocenters. The molecule has 0 aliphatic rings. The molecule has 0 saturated heterocycles. The Morgan fingerprint density at radius 2 is 2.29 bits per heavy atom. The number of pyridine rings is 1. The lowest BCUT2D eigenvalue weighted by Gasteiger charge is -2.10. The van der Waals surface area contributed by atoms with Gasteiger partial charge in [0.1, 0.15) is 5.82 Å². The Labute approximate surface area is 85.7 Å². The predicted molar refractivity (Wildman–Crippen MR) is 60.4 cm³/mol. The van der Waals surface area contributed by atoms with Crippen LogP contribution in [0.4, 0.5) is 5.82 Å². The molecule has 3 nitrogen and oxygen atoms in total. The maximum atomic E-state index is 5.77. The summed E-state index contributed by atoms with van der Waals surface area (Å²) >= 11 is 0. The largest absolute Gasteiger partial charge is 0.370 e. The average molecular weight is 193 g/mol. The molecule has 0 unspecified atom stereocenters. The van der Waals surface area contributed by atoms with Crippen LogP contribution in [0.2, 0.25) is 0 Å². The molecule has 14 heavy (non-hydrogen) atoms. The molecule has 0 bridgehead atoms. The average Bonchev–Trinajstić information content (AvgIpc) is 2.15. The van der Waals surface area contributed by atoms with Crippen LogP contribution >= 0.6 is 0 Å². The lowest BCUT2D eigenvalue weighted by atomic mass is 10.1. The molecule has 3 heteroatoms. The summed E-state index contributed by atoms with van der Waals surface area (Å²) in [5, 5.41) is 3.28. The smallest absolute Gasteiger partial charge is 0.128 e. The molecule has 0 aromatic carbocycles. The molecular formula is C11H19N3. The van der Waals surface area contributed by atoms with Crippen LogP contribution in [-0.2, 0) is 0 Å². The van der Waals surface area contributed by atoms with E-state index in [1.807, 2.05) is 13.1 Å². The molecule has 1 heterocycles. The van der Waals surface area contributed by atoms with E-state index in [0.29, 0.717) is 0 Å². The van der Waals surface area contributed by atoms with Crippen molar-refractivity contribution < 1.29 is 0 Å². The second-order valence-electron chi connectivity index (χ2n) is 3.65. The summed E-state index contributed by atoms with van der Waals surface area (Å²) in [5.41, 5.74) is 8.02. The second-order valence-corrected chi connectivity index (χ2v) is 3.65. The molecule has 0 fully saturated rings. The summed E-state index contributed by atoms with van der Waals surface area (Å²) in [6, 6.07) is 2.15. The van der Waals surface area contributed by atoms with Gasteiger partial charge in [0.05, 0.1) is 0 Å². The number of rotatable bonds is 4. The number of hydrogen-bond acceptors (Lipinski definition) is 3. The summed E-state index contributed by atoms with van der Waals surface area (Å²) in [6.45, 7) is 7.12. The molecule has 0 saturated carbocycles. The quantitative estimate of drug-likeness (QED) is 0.771. The van der Waals surface area contributed by atoms with Crippen LogP contribution in [0.1, 0.15) is 37.4 Å². The molecule has 0 amide bonds. The van der Waals surface area contributed by atoms with E-state index in [4.69, 9.17) is 5.73 Å². The van der Waals surface area contributed by atoms with Crippen molar-refractivity contribution >= 4 is 5.82 Å². The zero-order valence-corrected chi connectivity index (χ0v) is 9.17. The van der Waals surface area contributed by atoms with Gasteiger partial charge in [-0.3, -0.25) is 0 Å². The molecule has 1 aromatic rings. The Kier molecular flexibility index (Phi) is 3.89. The molecule has 1 rings (SSSR count). The summed E-state index contributed by atoms with van der Waals surface area (Å²) < 4.78 is 0. The van der Waals surface area contributed by atoms with E-state index in [9.17, 15) is 0 Å². The normalized spacial score (nSPS) is 12.6. The topological polar surface area (TPSA) is 50.9 Å². The highest BCUT2D eigenvalue weighted by Gasteiger charge is 2.03. The third kappa shape index (κ3) is 2.70. The number of nitrogens with zero attached hydrogens (tertiary/aromatic N) is 1. The molecule has 0 aliphatic carbocycles. The van der Waals surface area contributed by atoms with Crippen molar-refractivity contribution in [1.29, 1.82) is 0 Å². The first kappa shape index (κ1) is 11.0. The number of anilines is 1. The highest BCUT2D eigenvalue weighted by atomic mass is 15.0. The fourth-order valence-corrected chi connectivity index (χ4v) is 1.27. The van der Waals surface area contributed by atoms with Gasteiger partial charge >= 0.3 is 0 Å². The van der Waals surface area contributed by atoms with Crippen molar-refractivity contribution in [2.75, 3.05) is 11.9 Å². The van der Waals surface area contributed by atoms with Crippen LogP contribution < -0.4 is 11.1 Å². The molecule has 0 spiro atoms. The monoisotopic (exact) mass is 193 g/mol. The Hall–Kier alpha value is -1.09. The van der Waals surface area contributed by atoms with E-state index in [2.05, 4.69) is 30.2 Å². The third-order valence-electron chi connectivity index (χ3n) is 2.17. The number of aryl methyl sites for hydroxylation is 1. The Morgan fingerprint density at radius 1 is 1.57 bits per heavy atom. The zero-order valence-electron chi connectivity index (χ0n) is 9.17. The van der Waals surface area contributed by atoms with Gasteiger partial charge in [0, 0.05) is 18.8 Å². The van der Waals surface area contributed by atoms with E-state index >= 15 is 0 Å². The van der Waals surface area contributed by atoms with Crippen molar-refractivity contribution in [2.24, 2.45) is 5.73 Å². The Morgan fingerprint density at radius 3 is 2.79 bits per heavy atom. The second kappa shape index (κ2) is 4.96. The molecule has 3 N–H and O–H groups in total. The number of hydrogen-bond donors (Lipinski definition) is 2. The van der Waals surface area contributed by atoms with Crippen molar-refractivity contribution in [1.82, 2.24) is 4.98 Å². The summed E-state index contributed by atoms with van der Waals surface area (Å²) in [5.74, 6) is 0.969. The minimum atomic E-state index is 0.0569. The van der Waals surface area contributed by atoms with Crippen molar-refractivity contribution in [3.8, 4) is 0 Å². The molecule has 0 radical (unpaired) electrons. The van der Waals surface area contributed by atoms with Gasteiger partial charge in [0.15, 0.2) is 0 Å². The zero-order chi connectivity index (χ0) is 10.6. The Balaban J connectivity index is 2.79. The maximum absolute atomic E-state index is 5.77. The number of nitrogens with two attached hydrogens (primary N) is 1. The fraction of sp³-hybridized carbons (Fsp3) is 0.545. The van der Waals surface area contributed by atoms with Crippen LogP contribution in [0.25, 0.3) is 0 Å².